The SMILES string of the molecule is Cc1ccc(-c2nc(CN3CCN(Cc4ccc(F)cc4)CC3)cs2)cc1. The minimum Gasteiger partial charge on any atom is -0.297 e. The number of aryl methyl sites for hydroxylation is 1. The number of aromatic nitrogens is 1. The molecule has 0 atom stereocenters. The molecule has 0 saturated carbocycles. The van der Waals surface area contributed by atoms with Crippen molar-refractivity contribution in [3.8, 4) is 10.6 Å². The molecule has 0 amide bonds. The summed E-state index contributed by atoms with van der Waals surface area (Å²) in [7, 11) is 0. The molecule has 1 saturated heterocycles. The van der Waals surface area contributed by atoms with Crippen LogP contribution in [0.4, 0.5) is 4.39 Å². The third kappa shape index (κ3) is 4.80. The number of benzene rings is 2. The Bertz CT molecular complexity index is 865. The largest absolute Gasteiger partial charge is 0.297 e. The van der Waals surface area contributed by atoms with Gasteiger partial charge in [0.15, 0.2) is 0 Å². The van der Waals surface area contributed by atoms with Gasteiger partial charge in [-0.25, -0.2) is 9.37 Å². The fraction of sp³-hybridized carbons (Fsp3) is 0.318. The molecule has 0 aliphatic carbocycles. The lowest BCUT2D eigenvalue weighted by Gasteiger charge is -2.34. The topological polar surface area (TPSA) is 19.4 Å². The fourth-order valence-corrected chi connectivity index (χ4v) is 4.21. The van der Waals surface area contributed by atoms with Crippen molar-refractivity contribution in [1.29, 1.82) is 0 Å². The highest BCUT2D eigenvalue weighted by atomic mass is 32.1. The Labute approximate surface area is 164 Å². The van der Waals surface area contributed by atoms with Gasteiger partial charge in [0.1, 0.15) is 10.8 Å². The van der Waals surface area contributed by atoms with Gasteiger partial charge in [-0.1, -0.05) is 42.0 Å². The van der Waals surface area contributed by atoms with Crippen molar-refractivity contribution in [1.82, 2.24) is 14.8 Å². The number of thiazole rings is 1. The zero-order chi connectivity index (χ0) is 18.6. The third-order valence-corrected chi connectivity index (χ3v) is 5.96. The molecule has 140 valence electrons. The molecule has 0 radical (unpaired) electrons. The van der Waals surface area contributed by atoms with Crippen LogP contribution in [0, 0.1) is 12.7 Å². The molecule has 4 rings (SSSR count). The predicted octanol–water partition coefficient (Wildman–Crippen LogP) is 4.58. The average molecular weight is 382 g/mol. The van der Waals surface area contributed by atoms with Crippen LogP contribution in [0.5, 0.6) is 0 Å². The summed E-state index contributed by atoms with van der Waals surface area (Å²) in [6.07, 6.45) is 0. The minimum absolute atomic E-state index is 0.170. The number of piperazine rings is 1. The molecule has 0 N–H and O–H groups in total. The van der Waals surface area contributed by atoms with Gasteiger partial charge in [0.2, 0.25) is 0 Å². The third-order valence-electron chi connectivity index (χ3n) is 5.02. The van der Waals surface area contributed by atoms with E-state index in [1.165, 1.54) is 16.7 Å². The second-order valence-electron chi connectivity index (χ2n) is 7.19. The summed E-state index contributed by atoms with van der Waals surface area (Å²) in [6.45, 7) is 8.05. The molecule has 5 heteroatoms. The highest BCUT2D eigenvalue weighted by Gasteiger charge is 2.18. The molecule has 3 nitrogen and oxygen atoms in total. The second kappa shape index (κ2) is 8.30. The summed E-state index contributed by atoms with van der Waals surface area (Å²) < 4.78 is 13.0. The van der Waals surface area contributed by atoms with Gasteiger partial charge in [0, 0.05) is 50.2 Å². The van der Waals surface area contributed by atoms with E-state index in [2.05, 4.69) is 46.4 Å². The summed E-state index contributed by atoms with van der Waals surface area (Å²) in [5.41, 5.74) is 4.80. The quantitative estimate of drug-likeness (QED) is 0.645. The van der Waals surface area contributed by atoms with Gasteiger partial charge < -0.3 is 0 Å². The van der Waals surface area contributed by atoms with Crippen molar-refractivity contribution in [2.45, 2.75) is 20.0 Å². The van der Waals surface area contributed by atoms with E-state index in [0.29, 0.717) is 0 Å². The first kappa shape index (κ1) is 18.3. The molecule has 1 aromatic heterocycles. The highest BCUT2D eigenvalue weighted by molar-refractivity contribution is 7.13. The van der Waals surface area contributed by atoms with Crippen LogP contribution in [0.1, 0.15) is 16.8 Å². The Morgan fingerprint density at radius 2 is 1.52 bits per heavy atom. The zero-order valence-electron chi connectivity index (χ0n) is 15.6. The van der Waals surface area contributed by atoms with E-state index < -0.39 is 0 Å². The number of halogens is 1. The Hall–Kier alpha value is -2.08. The van der Waals surface area contributed by atoms with Crippen LogP contribution in [-0.2, 0) is 13.1 Å². The predicted molar refractivity (Wildman–Crippen MR) is 109 cm³/mol. The molecular weight excluding hydrogens is 357 g/mol. The number of hydrogen-bond donors (Lipinski definition) is 0. The Kier molecular flexibility index (Phi) is 5.62. The van der Waals surface area contributed by atoms with Crippen LogP contribution in [-0.4, -0.2) is 41.0 Å². The first-order valence-corrected chi connectivity index (χ1v) is 10.2. The molecule has 27 heavy (non-hydrogen) atoms. The van der Waals surface area contributed by atoms with Gasteiger partial charge in [-0.15, -0.1) is 11.3 Å². The summed E-state index contributed by atoms with van der Waals surface area (Å²) >= 11 is 1.72. The van der Waals surface area contributed by atoms with Crippen molar-refractivity contribution in [3.63, 3.8) is 0 Å². The molecule has 3 aromatic rings. The van der Waals surface area contributed by atoms with Crippen molar-refractivity contribution in [3.05, 3.63) is 76.5 Å². The summed E-state index contributed by atoms with van der Waals surface area (Å²) in [5, 5.41) is 3.28. The van der Waals surface area contributed by atoms with E-state index in [9.17, 15) is 4.39 Å². The molecule has 0 spiro atoms. The van der Waals surface area contributed by atoms with Crippen molar-refractivity contribution in [2.24, 2.45) is 0 Å². The molecule has 2 aromatic carbocycles. The van der Waals surface area contributed by atoms with Gasteiger partial charge in [-0.2, -0.15) is 0 Å². The Morgan fingerprint density at radius 3 is 2.19 bits per heavy atom. The van der Waals surface area contributed by atoms with E-state index in [1.54, 1.807) is 23.5 Å². The standard InChI is InChI=1S/C22H24FN3S/c1-17-2-6-19(7-3-17)22-24-21(16-27-22)15-26-12-10-25(11-13-26)14-18-4-8-20(23)9-5-18/h2-9,16H,10-15H2,1H3. The maximum atomic E-state index is 13.0. The van der Waals surface area contributed by atoms with E-state index in [1.807, 2.05) is 12.1 Å². The minimum atomic E-state index is -0.170. The average Bonchev–Trinajstić information content (AvgIpc) is 3.14. The van der Waals surface area contributed by atoms with Crippen LogP contribution in [0.3, 0.4) is 0 Å². The number of hydrogen-bond acceptors (Lipinski definition) is 4. The molecule has 1 fully saturated rings. The van der Waals surface area contributed by atoms with Gasteiger partial charge in [-0.05, 0) is 24.6 Å². The lowest BCUT2D eigenvalue weighted by atomic mass is 10.2. The number of rotatable bonds is 5. The van der Waals surface area contributed by atoms with E-state index in [0.717, 1.165) is 50.0 Å². The molecule has 1 aliphatic rings. The summed E-state index contributed by atoms with van der Waals surface area (Å²) in [5.74, 6) is -0.170. The monoisotopic (exact) mass is 381 g/mol. The van der Waals surface area contributed by atoms with Gasteiger partial charge >= 0.3 is 0 Å². The Morgan fingerprint density at radius 1 is 0.889 bits per heavy atom. The lowest BCUT2D eigenvalue weighted by molar-refractivity contribution is 0.121. The second-order valence-corrected chi connectivity index (χ2v) is 8.05. The molecule has 0 bridgehead atoms. The fourth-order valence-electron chi connectivity index (χ4n) is 3.39. The van der Waals surface area contributed by atoms with Crippen LogP contribution in [0.15, 0.2) is 53.9 Å². The molecular formula is C22H24FN3S. The van der Waals surface area contributed by atoms with Gasteiger partial charge in [0.05, 0.1) is 5.69 Å². The van der Waals surface area contributed by atoms with Crippen LogP contribution in [0.2, 0.25) is 0 Å². The summed E-state index contributed by atoms with van der Waals surface area (Å²) in [6, 6.07) is 15.4. The first-order valence-electron chi connectivity index (χ1n) is 9.36. The summed E-state index contributed by atoms with van der Waals surface area (Å²) in [4.78, 5) is 9.73. The smallest absolute Gasteiger partial charge is 0.123 e. The van der Waals surface area contributed by atoms with Crippen molar-refractivity contribution in [2.75, 3.05) is 26.2 Å². The van der Waals surface area contributed by atoms with Gasteiger partial charge in [0.25, 0.3) is 0 Å². The van der Waals surface area contributed by atoms with Crippen LogP contribution in [0.25, 0.3) is 10.6 Å². The van der Waals surface area contributed by atoms with E-state index >= 15 is 0 Å². The maximum absolute atomic E-state index is 13.0. The number of nitrogens with zero attached hydrogens (tertiary/aromatic N) is 3. The molecule has 1 aliphatic heterocycles. The molecule has 0 unspecified atom stereocenters. The zero-order valence-corrected chi connectivity index (χ0v) is 16.4. The Balaban J connectivity index is 1.29. The molecule has 2 heterocycles. The normalized spacial score (nSPS) is 15.9. The van der Waals surface area contributed by atoms with Gasteiger partial charge in [-0.3, -0.25) is 9.80 Å². The van der Waals surface area contributed by atoms with Crippen molar-refractivity contribution < 1.29 is 4.39 Å². The lowest BCUT2D eigenvalue weighted by Crippen LogP contribution is -2.45. The van der Waals surface area contributed by atoms with Crippen LogP contribution >= 0.6 is 11.3 Å². The highest BCUT2D eigenvalue weighted by Crippen LogP contribution is 2.24. The first-order chi connectivity index (χ1) is 13.2. The van der Waals surface area contributed by atoms with Crippen molar-refractivity contribution >= 4 is 11.3 Å². The van der Waals surface area contributed by atoms with Crippen LogP contribution < -0.4 is 0 Å². The maximum Gasteiger partial charge on any atom is 0.123 e. The van der Waals surface area contributed by atoms with E-state index in [4.69, 9.17) is 4.98 Å². The van der Waals surface area contributed by atoms with E-state index in [-0.39, 0.29) is 5.82 Å².